The molecule has 0 amide bonds. The van der Waals surface area contributed by atoms with Crippen LogP contribution in [0, 0.1) is 6.92 Å². The molecule has 1 aliphatic heterocycles. The number of fused-ring (bicyclic) bond motifs is 1. The Bertz CT molecular complexity index is 1010. The van der Waals surface area contributed by atoms with Gasteiger partial charge >= 0.3 is 0 Å². The van der Waals surface area contributed by atoms with Crippen LogP contribution in [-0.2, 0) is 22.9 Å². The van der Waals surface area contributed by atoms with Crippen LogP contribution in [0.3, 0.4) is 0 Å². The van der Waals surface area contributed by atoms with Crippen LogP contribution in [-0.4, -0.2) is 36.0 Å². The summed E-state index contributed by atoms with van der Waals surface area (Å²) in [6, 6.07) is 5.45. The summed E-state index contributed by atoms with van der Waals surface area (Å²) in [6.45, 7) is 2.99. The van der Waals surface area contributed by atoms with Gasteiger partial charge in [0.05, 0.1) is 10.6 Å². The summed E-state index contributed by atoms with van der Waals surface area (Å²) < 4.78 is 27.6. The molecule has 6 nitrogen and oxygen atoms in total. The molecule has 1 aliphatic carbocycles. The van der Waals surface area contributed by atoms with Crippen molar-refractivity contribution in [3.8, 4) is 11.3 Å². The maximum Gasteiger partial charge on any atom is 0.267 e. The maximum atomic E-state index is 13.0. The van der Waals surface area contributed by atoms with Crippen LogP contribution in [0.4, 0.5) is 0 Å². The Kier molecular flexibility index (Phi) is 4.44. The molecular weight excluding hydrogens is 350 g/mol. The van der Waals surface area contributed by atoms with Crippen LogP contribution in [0.2, 0.25) is 0 Å². The van der Waals surface area contributed by atoms with Crippen LogP contribution >= 0.6 is 0 Å². The molecule has 4 rings (SSSR count). The summed E-state index contributed by atoms with van der Waals surface area (Å²) in [4.78, 5) is 12.4. The van der Waals surface area contributed by atoms with E-state index < -0.39 is 10.0 Å². The van der Waals surface area contributed by atoms with E-state index in [1.54, 1.807) is 10.4 Å². The zero-order chi connectivity index (χ0) is 18.3. The Balaban J connectivity index is 1.84. The van der Waals surface area contributed by atoms with E-state index in [4.69, 9.17) is 0 Å². The zero-order valence-corrected chi connectivity index (χ0v) is 15.7. The number of H-pyrrole nitrogens is 1. The minimum absolute atomic E-state index is 0.125. The van der Waals surface area contributed by atoms with E-state index in [-0.39, 0.29) is 5.56 Å². The first-order valence-corrected chi connectivity index (χ1v) is 10.6. The monoisotopic (exact) mass is 373 g/mol. The molecule has 138 valence electrons. The first-order chi connectivity index (χ1) is 12.5. The third kappa shape index (κ3) is 2.89. The lowest BCUT2D eigenvalue weighted by molar-refractivity contribution is 0.477. The Hall–Kier alpha value is -1.99. The van der Waals surface area contributed by atoms with E-state index in [2.05, 4.69) is 10.2 Å². The second-order valence-electron chi connectivity index (χ2n) is 7.16. The molecule has 1 N–H and O–H groups in total. The summed E-state index contributed by atoms with van der Waals surface area (Å²) in [5.41, 5.74) is 3.83. The Labute approximate surface area is 153 Å². The molecule has 0 unspecified atom stereocenters. The molecule has 0 spiro atoms. The van der Waals surface area contributed by atoms with Gasteiger partial charge in [0.25, 0.3) is 5.56 Å². The fourth-order valence-corrected chi connectivity index (χ4v) is 5.76. The number of nitrogens with zero attached hydrogens (tertiary/aromatic N) is 2. The Morgan fingerprint density at radius 2 is 1.73 bits per heavy atom. The third-order valence-corrected chi connectivity index (χ3v) is 7.48. The molecule has 0 saturated carbocycles. The molecule has 1 fully saturated rings. The van der Waals surface area contributed by atoms with Gasteiger partial charge in [-0.05, 0) is 62.6 Å². The van der Waals surface area contributed by atoms with Crippen molar-refractivity contribution in [3.63, 3.8) is 0 Å². The number of benzene rings is 1. The molecule has 1 saturated heterocycles. The van der Waals surface area contributed by atoms with Crippen molar-refractivity contribution in [1.29, 1.82) is 0 Å². The smallest absolute Gasteiger partial charge is 0.267 e. The van der Waals surface area contributed by atoms with Gasteiger partial charge in [-0.15, -0.1) is 0 Å². The average Bonchev–Trinajstić information content (AvgIpc) is 3.18. The second kappa shape index (κ2) is 6.63. The standard InChI is InChI=1S/C19H23N3O3S/c1-13-8-9-14(12-17(13)26(24,25)22-10-4-5-11-22)18-15-6-2-3-7-16(15)19(23)21-20-18/h8-9,12H,2-7,10-11H2,1H3,(H,21,23). The van der Waals surface area contributed by atoms with E-state index in [1.165, 1.54) is 0 Å². The van der Waals surface area contributed by atoms with E-state index in [9.17, 15) is 13.2 Å². The van der Waals surface area contributed by atoms with E-state index in [1.807, 2.05) is 19.1 Å². The summed E-state index contributed by atoms with van der Waals surface area (Å²) in [5, 5.41) is 6.86. The van der Waals surface area contributed by atoms with Gasteiger partial charge in [0, 0.05) is 24.2 Å². The van der Waals surface area contributed by atoms with Gasteiger partial charge in [-0.3, -0.25) is 4.79 Å². The summed E-state index contributed by atoms with van der Waals surface area (Å²) >= 11 is 0. The van der Waals surface area contributed by atoms with Crippen LogP contribution in [0.15, 0.2) is 27.9 Å². The van der Waals surface area contributed by atoms with E-state index in [0.29, 0.717) is 23.7 Å². The first kappa shape index (κ1) is 17.4. The SMILES string of the molecule is Cc1ccc(-c2n[nH]c(=O)c3c2CCCC3)cc1S(=O)(=O)N1CCCC1. The van der Waals surface area contributed by atoms with E-state index >= 15 is 0 Å². The molecule has 1 aromatic carbocycles. The van der Waals surface area contributed by atoms with Crippen LogP contribution in [0.1, 0.15) is 42.4 Å². The Morgan fingerprint density at radius 3 is 2.46 bits per heavy atom. The number of hydrogen-bond acceptors (Lipinski definition) is 4. The lowest BCUT2D eigenvalue weighted by Crippen LogP contribution is -2.28. The van der Waals surface area contributed by atoms with Crippen molar-refractivity contribution in [2.75, 3.05) is 13.1 Å². The highest BCUT2D eigenvalue weighted by molar-refractivity contribution is 7.89. The van der Waals surface area contributed by atoms with Crippen molar-refractivity contribution < 1.29 is 8.42 Å². The number of nitrogens with one attached hydrogen (secondary N) is 1. The minimum atomic E-state index is -3.50. The molecule has 1 aromatic heterocycles. The first-order valence-electron chi connectivity index (χ1n) is 9.20. The van der Waals surface area contributed by atoms with Gasteiger partial charge in [0.15, 0.2) is 0 Å². The largest absolute Gasteiger partial charge is 0.268 e. The highest BCUT2D eigenvalue weighted by atomic mass is 32.2. The van der Waals surface area contributed by atoms with E-state index in [0.717, 1.165) is 60.8 Å². The molecule has 2 aromatic rings. The van der Waals surface area contributed by atoms with Gasteiger partial charge in [-0.2, -0.15) is 9.40 Å². The third-order valence-electron chi connectivity index (χ3n) is 5.44. The predicted molar refractivity (Wildman–Crippen MR) is 99.7 cm³/mol. The molecule has 2 aliphatic rings. The summed E-state index contributed by atoms with van der Waals surface area (Å²) in [5.74, 6) is 0. The number of hydrogen-bond donors (Lipinski definition) is 1. The second-order valence-corrected chi connectivity index (χ2v) is 9.06. The molecule has 0 bridgehead atoms. The summed E-state index contributed by atoms with van der Waals surface area (Å²) in [6.07, 6.45) is 5.41. The minimum Gasteiger partial charge on any atom is -0.268 e. The van der Waals surface area contributed by atoms with Crippen molar-refractivity contribution in [2.24, 2.45) is 0 Å². The molecule has 0 atom stereocenters. The fraction of sp³-hybridized carbons (Fsp3) is 0.474. The normalized spacial score (nSPS) is 18.0. The maximum absolute atomic E-state index is 13.0. The van der Waals surface area contributed by atoms with Crippen LogP contribution in [0.5, 0.6) is 0 Å². The van der Waals surface area contributed by atoms with Crippen LogP contribution in [0.25, 0.3) is 11.3 Å². The van der Waals surface area contributed by atoms with Crippen molar-refractivity contribution >= 4 is 10.0 Å². The molecular formula is C19H23N3O3S. The topological polar surface area (TPSA) is 83.1 Å². The van der Waals surface area contributed by atoms with Gasteiger partial charge in [0.1, 0.15) is 0 Å². The highest BCUT2D eigenvalue weighted by Gasteiger charge is 2.29. The van der Waals surface area contributed by atoms with Gasteiger partial charge in [-0.25, -0.2) is 13.5 Å². The predicted octanol–water partition coefficient (Wildman–Crippen LogP) is 2.41. The quantitative estimate of drug-likeness (QED) is 0.896. The number of aryl methyl sites for hydroxylation is 1. The van der Waals surface area contributed by atoms with Crippen molar-refractivity contribution in [1.82, 2.24) is 14.5 Å². The lowest BCUT2D eigenvalue weighted by atomic mass is 9.90. The zero-order valence-electron chi connectivity index (χ0n) is 14.9. The van der Waals surface area contributed by atoms with Gasteiger partial charge in [-0.1, -0.05) is 12.1 Å². The number of sulfonamides is 1. The Morgan fingerprint density at radius 1 is 1.04 bits per heavy atom. The van der Waals surface area contributed by atoms with Gasteiger partial charge < -0.3 is 0 Å². The van der Waals surface area contributed by atoms with Crippen molar-refractivity contribution in [2.45, 2.75) is 50.3 Å². The molecule has 26 heavy (non-hydrogen) atoms. The molecule has 0 radical (unpaired) electrons. The molecule has 2 heterocycles. The van der Waals surface area contributed by atoms with Crippen LogP contribution < -0.4 is 5.56 Å². The average molecular weight is 373 g/mol. The highest BCUT2D eigenvalue weighted by Crippen LogP contribution is 2.31. The van der Waals surface area contributed by atoms with Crippen molar-refractivity contribution in [3.05, 3.63) is 45.2 Å². The number of rotatable bonds is 3. The lowest BCUT2D eigenvalue weighted by Gasteiger charge is -2.20. The number of aromatic nitrogens is 2. The number of aromatic amines is 1. The van der Waals surface area contributed by atoms with Gasteiger partial charge in [0.2, 0.25) is 10.0 Å². The summed E-state index contributed by atoms with van der Waals surface area (Å²) in [7, 11) is -3.50. The fourth-order valence-electron chi connectivity index (χ4n) is 3.99. The molecule has 7 heteroatoms.